The van der Waals surface area contributed by atoms with Crippen LogP contribution in [0.2, 0.25) is 0 Å². The molecule has 1 fully saturated rings. The van der Waals surface area contributed by atoms with E-state index in [2.05, 4.69) is 16.9 Å². The van der Waals surface area contributed by atoms with E-state index in [0.717, 1.165) is 42.6 Å². The van der Waals surface area contributed by atoms with Crippen molar-refractivity contribution in [1.82, 2.24) is 14.5 Å². The number of aromatic nitrogens is 3. The van der Waals surface area contributed by atoms with Gasteiger partial charge in [0.2, 0.25) is 11.8 Å². The standard InChI is InChI=1S/C34H36F4N4O6/c1-20-6-8-23(9-7-20)32(43)42(24(18-46-2)19-47-3)28-15-27(35)29(14-25(28)33(44)45)48-31-26(34(36,37)38)13-21(16-40-31)17-41-12-10-22-5-4-11-39-30(22)41/h4-5,10-16,20,23-24H,6-9,17-19H2,1-3H3,(H,44,45). The lowest BCUT2D eigenvalue weighted by molar-refractivity contribution is -0.139. The lowest BCUT2D eigenvalue weighted by atomic mass is 9.82. The molecule has 4 aromatic rings. The van der Waals surface area contributed by atoms with Crippen molar-refractivity contribution in [3.63, 3.8) is 0 Å². The Hall–Kier alpha value is -4.56. The van der Waals surface area contributed by atoms with Crippen molar-refractivity contribution in [2.24, 2.45) is 11.8 Å². The Kier molecular flexibility index (Phi) is 10.6. The van der Waals surface area contributed by atoms with E-state index in [1.807, 2.05) is 6.07 Å². The molecule has 0 atom stereocenters. The molecule has 0 saturated heterocycles. The van der Waals surface area contributed by atoms with Gasteiger partial charge in [0.05, 0.1) is 37.1 Å². The summed E-state index contributed by atoms with van der Waals surface area (Å²) in [5, 5.41) is 11.0. The van der Waals surface area contributed by atoms with Crippen molar-refractivity contribution in [3.8, 4) is 11.6 Å². The highest BCUT2D eigenvalue weighted by Gasteiger charge is 2.38. The molecule has 0 radical (unpaired) electrons. The number of anilines is 1. The molecule has 5 rings (SSSR count). The van der Waals surface area contributed by atoms with E-state index in [9.17, 15) is 27.9 Å². The number of carboxylic acids is 1. The van der Waals surface area contributed by atoms with Crippen LogP contribution in [0.15, 0.2) is 55.0 Å². The number of halogens is 4. The van der Waals surface area contributed by atoms with Gasteiger partial charge >= 0.3 is 12.1 Å². The van der Waals surface area contributed by atoms with E-state index in [4.69, 9.17) is 14.2 Å². The molecule has 14 heteroatoms. The highest BCUT2D eigenvalue weighted by Crippen LogP contribution is 2.40. The second-order valence-electron chi connectivity index (χ2n) is 12.0. The van der Waals surface area contributed by atoms with Crippen molar-refractivity contribution < 1.29 is 46.5 Å². The summed E-state index contributed by atoms with van der Waals surface area (Å²) in [7, 11) is 2.80. The van der Waals surface area contributed by atoms with Gasteiger partial charge in [0.15, 0.2) is 11.6 Å². The molecule has 10 nitrogen and oxygen atoms in total. The predicted octanol–water partition coefficient (Wildman–Crippen LogP) is 6.95. The molecule has 0 bridgehead atoms. The van der Waals surface area contributed by atoms with Crippen molar-refractivity contribution in [2.45, 2.75) is 51.4 Å². The number of aromatic carboxylic acids is 1. The van der Waals surface area contributed by atoms with Gasteiger partial charge in [0.1, 0.15) is 11.2 Å². The van der Waals surface area contributed by atoms with Crippen LogP contribution in [0.5, 0.6) is 11.6 Å². The quantitative estimate of drug-likeness (QED) is 0.161. The third-order valence-corrected chi connectivity index (χ3v) is 8.52. The molecule has 0 unspecified atom stereocenters. The van der Waals surface area contributed by atoms with Crippen LogP contribution >= 0.6 is 0 Å². The first-order valence-corrected chi connectivity index (χ1v) is 15.4. The van der Waals surface area contributed by atoms with Crippen LogP contribution < -0.4 is 9.64 Å². The molecule has 3 heterocycles. The summed E-state index contributed by atoms with van der Waals surface area (Å²) in [6.07, 6.45) is 2.19. The minimum atomic E-state index is -4.95. The van der Waals surface area contributed by atoms with Gasteiger partial charge in [-0.2, -0.15) is 13.2 Å². The van der Waals surface area contributed by atoms with Gasteiger partial charge in [-0.25, -0.2) is 19.2 Å². The summed E-state index contributed by atoms with van der Waals surface area (Å²) in [5.41, 5.74) is -1.39. The van der Waals surface area contributed by atoms with Crippen LogP contribution in [0.1, 0.15) is 54.1 Å². The Labute approximate surface area is 274 Å². The zero-order valence-electron chi connectivity index (χ0n) is 26.7. The summed E-state index contributed by atoms with van der Waals surface area (Å²) in [6, 6.07) is 6.91. The van der Waals surface area contributed by atoms with Gasteiger partial charge in [-0.3, -0.25) is 4.79 Å². The maximum absolute atomic E-state index is 15.8. The number of hydrogen-bond donors (Lipinski definition) is 1. The number of ether oxygens (including phenoxy) is 3. The number of amides is 1. The van der Waals surface area contributed by atoms with E-state index < -0.39 is 58.6 Å². The fraction of sp³-hybridized carbons (Fsp3) is 0.412. The summed E-state index contributed by atoms with van der Waals surface area (Å²) in [5.74, 6) is -4.96. The van der Waals surface area contributed by atoms with Gasteiger partial charge in [-0.05, 0) is 61.4 Å². The van der Waals surface area contributed by atoms with E-state index in [1.54, 1.807) is 29.1 Å². The van der Waals surface area contributed by atoms with Crippen LogP contribution in [-0.4, -0.2) is 65.0 Å². The summed E-state index contributed by atoms with van der Waals surface area (Å²) in [6.45, 7) is 1.99. The molecule has 1 aliphatic carbocycles. The number of methoxy groups -OCH3 is 2. The summed E-state index contributed by atoms with van der Waals surface area (Å²) in [4.78, 5) is 35.8. The van der Waals surface area contributed by atoms with E-state index >= 15 is 4.39 Å². The number of alkyl halides is 3. The maximum atomic E-state index is 15.8. The van der Waals surface area contributed by atoms with Gasteiger partial charge in [0.25, 0.3) is 0 Å². The minimum absolute atomic E-state index is 0.0109. The number of hydrogen-bond acceptors (Lipinski definition) is 7. The Bertz CT molecular complexity index is 1760. The minimum Gasteiger partial charge on any atom is -0.478 e. The maximum Gasteiger partial charge on any atom is 0.421 e. The highest BCUT2D eigenvalue weighted by atomic mass is 19.4. The monoisotopic (exact) mass is 672 g/mol. The third-order valence-electron chi connectivity index (χ3n) is 8.52. The molecule has 1 saturated carbocycles. The van der Waals surface area contributed by atoms with E-state index in [0.29, 0.717) is 24.4 Å². The first-order chi connectivity index (χ1) is 22.9. The second-order valence-corrected chi connectivity index (χ2v) is 12.0. The van der Waals surface area contributed by atoms with Crippen LogP contribution in [0, 0.1) is 17.7 Å². The Morgan fingerprint density at radius 1 is 1.06 bits per heavy atom. The van der Waals surface area contributed by atoms with E-state index in [1.165, 1.54) is 19.1 Å². The second kappa shape index (κ2) is 14.7. The molecule has 1 N–H and O–H groups in total. The molecule has 0 spiro atoms. The predicted molar refractivity (Wildman–Crippen MR) is 168 cm³/mol. The van der Waals surface area contributed by atoms with Crippen molar-refractivity contribution >= 4 is 28.6 Å². The van der Waals surface area contributed by atoms with Gasteiger partial charge in [-0.1, -0.05) is 6.92 Å². The molecule has 1 amide bonds. The molecule has 0 aliphatic heterocycles. The molecule has 48 heavy (non-hydrogen) atoms. The lowest BCUT2D eigenvalue weighted by Crippen LogP contribution is -2.49. The van der Waals surface area contributed by atoms with Gasteiger partial charge < -0.3 is 28.8 Å². The van der Waals surface area contributed by atoms with Gasteiger partial charge in [0, 0.05) is 56.2 Å². The average Bonchev–Trinajstić information content (AvgIpc) is 3.45. The van der Waals surface area contributed by atoms with Crippen LogP contribution in [0.25, 0.3) is 11.0 Å². The fourth-order valence-electron chi connectivity index (χ4n) is 6.09. The number of rotatable bonds is 12. The average molecular weight is 673 g/mol. The van der Waals surface area contributed by atoms with Crippen LogP contribution in [0.4, 0.5) is 23.2 Å². The molecule has 1 aliphatic rings. The molecule has 256 valence electrons. The van der Waals surface area contributed by atoms with Crippen molar-refractivity contribution in [2.75, 3.05) is 32.3 Å². The molecular weight excluding hydrogens is 636 g/mol. The zero-order chi connectivity index (χ0) is 34.6. The Morgan fingerprint density at radius 2 is 1.77 bits per heavy atom. The topological polar surface area (TPSA) is 116 Å². The number of pyridine rings is 2. The molecule has 1 aromatic carbocycles. The first-order valence-electron chi connectivity index (χ1n) is 15.4. The molecule has 3 aromatic heterocycles. The van der Waals surface area contributed by atoms with Crippen molar-refractivity contribution in [3.05, 3.63) is 77.5 Å². The third kappa shape index (κ3) is 7.60. The van der Waals surface area contributed by atoms with Gasteiger partial charge in [-0.15, -0.1) is 0 Å². The Balaban J connectivity index is 1.52. The lowest BCUT2D eigenvalue weighted by Gasteiger charge is -2.36. The zero-order valence-corrected chi connectivity index (χ0v) is 26.7. The SMILES string of the molecule is COCC(COC)N(C(=O)C1CCC(C)CC1)c1cc(F)c(Oc2ncc(Cn3ccc4cccnc43)cc2C(F)(F)F)cc1C(=O)O. The number of carbonyl (C=O) groups is 2. The highest BCUT2D eigenvalue weighted by molar-refractivity contribution is 6.03. The first kappa shape index (κ1) is 34.8. The number of benzene rings is 1. The molecular formula is C34H36F4N4O6. The summed E-state index contributed by atoms with van der Waals surface area (Å²) >= 11 is 0. The fourth-order valence-corrected chi connectivity index (χ4v) is 6.09. The van der Waals surface area contributed by atoms with Crippen LogP contribution in [-0.2, 0) is 27.0 Å². The largest absolute Gasteiger partial charge is 0.478 e. The smallest absolute Gasteiger partial charge is 0.421 e. The number of carboxylic acid groups (broad SMARTS) is 1. The Morgan fingerprint density at radius 3 is 2.42 bits per heavy atom. The normalized spacial score (nSPS) is 16.8. The number of fused-ring (bicyclic) bond motifs is 1. The van der Waals surface area contributed by atoms with Crippen LogP contribution in [0.3, 0.4) is 0 Å². The number of carbonyl (C=O) groups excluding carboxylic acids is 1. The number of nitrogens with zero attached hydrogens (tertiary/aromatic N) is 4. The van der Waals surface area contributed by atoms with Crippen molar-refractivity contribution in [1.29, 1.82) is 0 Å². The summed E-state index contributed by atoms with van der Waals surface area (Å²) < 4.78 is 76.2. The van der Waals surface area contributed by atoms with E-state index in [-0.39, 0.29) is 31.0 Å².